The molecule has 46 valence electrons. The lowest BCUT2D eigenvalue weighted by atomic mass is 10.3. The Bertz CT molecular complexity index is 173. The van der Waals surface area contributed by atoms with E-state index < -0.39 is 6.49 Å². The molecule has 0 N–H and O–H groups in total. The highest BCUT2D eigenvalue weighted by atomic mass is 35.7. The van der Waals surface area contributed by atoms with Crippen molar-refractivity contribution in [2.75, 3.05) is 12.3 Å². The van der Waals surface area contributed by atoms with Gasteiger partial charge in [-0.1, -0.05) is 22.9 Å². The highest BCUT2D eigenvalue weighted by Gasteiger charge is 2.22. The van der Waals surface area contributed by atoms with E-state index in [2.05, 4.69) is 0 Å². The molecule has 1 nitrogen and oxygen atoms in total. The second-order valence-electron chi connectivity index (χ2n) is 2.18. The van der Waals surface area contributed by atoms with Crippen molar-refractivity contribution in [3.8, 4) is 0 Å². The molecular formula is C5H8ClOP. The molecule has 1 aliphatic heterocycles. The van der Waals surface area contributed by atoms with Gasteiger partial charge in [-0.05, 0) is 6.92 Å². The van der Waals surface area contributed by atoms with Crippen molar-refractivity contribution in [3.05, 3.63) is 11.6 Å². The highest BCUT2D eigenvalue weighted by Crippen LogP contribution is 2.55. The fourth-order valence-electron chi connectivity index (χ4n) is 0.794. The Morgan fingerprint density at radius 2 is 2.50 bits per heavy atom. The van der Waals surface area contributed by atoms with Crippen LogP contribution >= 0.6 is 17.7 Å². The number of halogens is 1. The molecule has 8 heavy (non-hydrogen) atoms. The Balaban J connectivity index is 2.69. The van der Waals surface area contributed by atoms with E-state index in [9.17, 15) is 4.57 Å². The second-order valence-corrected chi connectivity index (χ2v) is 6.29. The maximum absolute atomic E-state index is 10.9. The fraction of sp³-hybridized carbons (Fsp3) is 0.600. The topological polar surface area (TPSA) is 17.1 Å². The quantitative estimate of drug-likeness (QED) is 0.383. The smallest absolute Gasteiger partial charge is 0.176 e. The van der Waals surface area contributed by atoms with Crippen molar-refractivity contribution in [2.45, 2.75) is 6.92 Å². The Morgan fingerprint density at radius 1 is 1.88 bits per heavy atom. The summed E-state index contributed by atoms with van der Waals surface area (Å²) >= 11 is 5.57. The molecule has 1 aliphatic rings. The van der Waals surface area contributed by atoms with E-state index >= 15 is 0 Å². The van der Waals surface area contributed by atoms with Crippen molar-refractivity contribution in [1.82, 2.24) is 0 Å². The molecule has 0 aromatic carbocycles. The Kier molecular flexibility index (Phi) is 1.51. The molecule has 3 heteroatoms. The predicted octanol–water partition coefficient (Wildman–Crippen LogP) is 2.46. The van der Waals surface area contributed by atoms with Gasteiger partial charge in [0, 0.05) is 12.3 Å². The van der Waals surface area contributed by atoms with Crippen molar-refractivity contribution in [3.63, 3.8) is 0 Å². The third-order valence-corrected chi connectivity index (χ3v) is 3.67. The van der Waals surface area contributed by atoms with Crippen LogP contribution in [0.3, 0.4) is 0 Å². The Morgan fingerprint density at radius 3 is 2.62 bits per heavy atom. The molecule has 0 aromatic rings. The van der Waals surface area contributed by atoms with E-state index in [1.165, 1.54) is 5.57 Å². The van der Waals surface area contributed by atoms with Crippen LogP contribution in [0, 0.1) is 0 Å². The van der Waals surface area contributed by atoms with Gasteiger partial charge >= 0.3 is 0 Å². The maximum Gasteiger partial charge on any atom is 0.176 e. The molecule has 0 saturated heterocycles. The van der Waals surface area contributed by atoms with Gasteiger partial charge in [-0.25, -0.2) is 0 Å². The van der Waals surface area contributed by atoms with Gasteiger partial charge in [-0.2, -0.15) is 0 Å². The monoisotopic (exact) mass is 150 g/mol. The first-order chi connectivity index (χ1) is 3.60. The van der Waals surface area contributed by atoms with Crippen LogP contribution in [0.2, 0.25) is 0 Å². The van der Waals surface area contributed by atoms with Gasteiger partial charge in [-0.3, -0.25) is 0 Å². The first kappa shape index (κ1) is 6.38. The lowest BCUT2D eigenvalue weighted by molar-refractivity contribution is 0.588. The van der Waals surface area contributed by atoms with E-state index in [0.717, 1.165) is 0 Å². The van der Waals surface area contributed by atoms with Gasteiger partial charge in [0.05, 0.1) is 0 Å². The second kappa shape index (κ2) is 1.89. The van der Waals surface area contributed by atoms with E-state index in [1.54, 1.807) is 0 Å². The zero-order valence-electron chi connectivity index (χ0n) is 4.72. The summed E-state index contributed by atoms with van der Waals surface area (Å²) in [6, 6.07) is 0. The number of hydrogen-bond acceptors (Lipinski definition) is 1. The molecule has 1 atom stereocenters. The molecule has 0 unspecified atom stereocenters. The van der Waals surface area contributed by atoms with Gasteiger partial charge in [0.25, 0.3) is 0 Å². The van der Waals surface area contributed by atoms with Gasteiger partial charge < -0.3 is 4.57 Å². The van der Waals surface area contributed by atoms with Crippen LogP contribution in [0.25, 0.3) is 0 Å². The Labute approximate surface area is 53.9 Å². The lowest BCUT2D eigenvalue weighted by Gasteiger charge is -1.96. The molecule has 0 aromatic heterocycles. The molecule has 0 spiro atoms. The number of hydrogen-bond donors (Lipinski definition) is 0. The van der Waals surface area contributed by atoms with E-state index in [4.69, 9.17) is 11.2 Å². The summed E-state index contributed by atoms with van der Waals surface area (Å²) in [6.07, 6.45) is 3.17. The van der Waals surface area contributed by atoms with Crippen LogP contribution in [-0.4, -0.2) is 12.3 Å². The standard InChI is InChI=1S/C5H8ClOP/c1-5-2-3-8(6,7)4-5/h2H,3-4H2,1H3/t8-/m1/s1. The summed E-state index contributed by atoms with van der Waals surface area (Å²) in [6.45, 7) is -0.259. The zero-order valence-corrected chi connectivity index (χ0v) is 6.38. The minimum atomic E-state index is -2.22. The van der Waals surface area contributed by atoms with E-state index in [0.29, 0.717) is 12.3 Å². The first-order valence-electron chi connectivity index (χ1n) is 2.53. The van der Waals surface area contributed by atoms with Gasteiger partial charge in [-0.15, -0.1) is 0 Å². The number of rotatable bonds is 0. The summed E-state index contributed by atoms with van der Waals surface area (Å²) < 4.78 is 10.9. The summed E-state index contributed by atoms with van der Waals surface area (Å²) in [5.74, 6) is 0. The third-order valence-electron chi connectivity index (χ3n) is 1.20. The van der Waals surface area contributed by atoms with Crippen LogP contribution in [0.4, 0.5) is 0 Å². The van der Waals surface area contributed by atoms with Crippen LogP contribution in [0.15, 0.2) is 11.6 Å². The maximum atomic E-state index is 10.9. The predicted molar refractivity (Wildman–Crippen MR) is 37.0 cm³/mol. The SMILES string of the molecule is CC1=CC[P@](=O)(Cl)C1. The van der Waals surface area contributed by atoms with Crippen LogP contribution < -0.4 is 0 Å². The van der Waals surface area contributed by atoms with Gasteiger partial charge in [0.2, 0.25) is 0 Å². The molecule has 0 fully saturated rings. The minimum Gasteiger partial charge on any atom is -0.306 e. The van der Waals surface area contributed by atoms with Gasteiger partial charge in [0.15, 0.2) is 6.49 Å². The van der Waals surface area contributed by atoms with Crippen molar-refractivity contribution < 1.29 is 4.57 Å². The molecule has 0 aliphatic carbocycles. The molecular weight excluding hydrogens is 142 g/mol. The van der Waals surface area contributed by atoms with E-state index in [1.807, 2.05) is 13.0 Å². The first-order valence-corrected chi connectivity index (χ1v) is 5.52. The van der Waals surface area contributed by atoms with Crippen LogP contribution in [0.1, 0.15) is 6.92 Å². The highest BCUT2D eigenvalue weighted by molar-refractivity contribution is 7.89. The van der Waals surface area contributed by atoms with E-state index in [-0.39, 0.29) is 0 Å². The average molecular weight is 151 g/mol. The van der Waals surface area contributed by atoms with Crippen molar-refractivity contribution >= 4 is 17.7 Å². The molecule has 0 bridgehead atoms. The van der Waals surface area contributed by atoms with Crippen LogP contribution in [0.5, 0.6) is 0 Å². The molecule has 0 amide bonds. The Hall–Kier alpha value is 0.260. The molecule has 0 radical (unpaired) electrons. The average Bonchev–Trinajstić information content (AvgIpc) is 1.82. The van der Waals surface area contributed by atoms with Crippen molar-refractivity contribution in [2.24, 2.45) is 0 Å². The summed E-state index contributed by atoms with van der Waals surface area (Å²) in [5, 5.41) is 0. The zero-order chi connectivity index (χ0) is 6.20. The number of allylic oxidation sites excluding steroid dienone is 2. The molecule has 0 saturated carbocycles. The summed E-state index contributed by atoms with van der Waals surface area (Å²) in [5.41, 5.74) is 1.17. The molecule has 1 heterocycles. The van der Waals surface area contributed by atoms with Gasteiger partial charge in [0.1, 0.15) is 0 Å². The fourth-order valence-corrected chi connectivity index (χ4v) is 3.15. The minimum absolute atomic E-state index is 0.598. The summed E-state index contributed by atoms with van der Waals surface area (Å²) in [7, 11) is 0. The lowest BCUT2D eigenvalue weighted by Crippen LogP contribution is -1.74. The summed E-state index contributed by atoms with van der Waals surface area (Å²) in [4.78, 5) is 0. The van der Waals surface area contributed by atoms with Crippen molar-refractivity contribution in [1.29, 1.82) is 0 Å². The third kappa shape index (κ3) is 1.37. The normalized spacial score (nSPS) is 37.5. The molecule has 1 rings (SSSR count). The van der Waals surface area contributed by atoms with Crippen LogP contribution in [-0.2, 0) is 4.57 Å². The largest absolute Gasteiger partial charge is 0.306 e.